The van der Waals surface area contributed by atoms with Gasteiger partial charge in [-0.3, -0.25) is 0 Å². The lowest BCUT2D eigenvalue weighted by molar-refractivity contribution is 0.412. The van der Waals surface area contributed by atoms with Gasteiger partial charge in [-0.25, -0.2) is 0 Å². The van der Waals surface area contributed by atoms with Gasteiger partial charge in [0.2, 0.25) is 0 Å². The summed E-state index contributed by atoms with van der Waals surface area (Å²) >= 11 is 14.0. The normalized spacial score (nSPS) is 9.64. The molecule has 0 unspecified atom stereocenters. The topological polar surface area (TPSA) is 47.3 Å². The minimum absolute atomic E-state index is 0.154. The standard InChI is InChI=1S/C8H8BrClN2OS/c1-13-5-3-2-4(10)7(6(5)9)12-8(11)14/h2-3H,1H3,(H3,11,12,14). The molecule has 0 aliphatic carbocycles. The van der Waals surface area contributed by atoms with Gasteiger partial charge in [0.1, 0.15) is 5.75 Å². The van der Waals surface area contributed by atoms with Gasteiger partial charge in [0.15, 0.2) is 5.11 Å². The van der Waals surface area contributed by atoms with Crippen molar-refractivity contribution < 1.29 is 4.74 Å². The summed E-state index contributed by atoms with van der Waals surface area (Å²) in [6.45, 7) is 0. The molecular weight excluding hydrogens is 288 g/mol. The second-order valence-corrected chi connectivity index (χ2v) is 4.07. The minimum Gasteiger partial charge on any atom is -0.495 e. The van der Waals surface area contributed by atoms with Crippen LogP contribution in [0.25, 0.3) is 0 Å². The Morgan fingerprint density at radius 2 is 2.29 bits per heavy atom. The third-order valence-corrected chi connectivity index (χ3v) is 2.73. The second kappa shape index (κ2) is 4.82. The number of benzene rings is 1. The van der Waals surface area contributed by atoms with Crippen LogP contribution in [0.2, 0.25) is 5.02 Å². The molecular formula is C8H8BrClN2OS. The average molecular weight is 296 g/mol. The highest BCUT2D eigenvalue weighted by atomic mass is 79.9. The Morgan fingerprint density at radius 3 is 2.79 bits per heavy atom. The zero-order valence-electron chi connectivity index (χ0n) is 7.30. The number of hydrogen-bond donors (Lipinski definition) is 2. The van der Waals surface area contributed by atoms with Crippen LogP contribution in [0.3, 0.4) is 0 Å². The summed E-state index contributed by atoms with van der Waals surface area (Å²) in [4.78, 5) is 0. The summed E-state index contributed by atoms with van der Waals surface area (Å²) in [5.41, 5.74) is 5.96. The summed E-state index contributed by atoms with van der Waals surface area (Å²) in [5, 5.41) is 3.44. The van der Waals surface area contributed by atoms with E-state index >= 15 is 0 Å². The van der Waals surface area contributed by atoms with Crippen LogP contribution in [0, 0.1) is 0 Å². The van der Waals surface area contributed by atoms with E-state index < -0.39 is 0 Å². The summed E-state index contributed by atoms with van der Waals surface area (Å²) in [5.74, 6) is 0.660. The Morgan fingerprint density at radius 1 is 1.64 bits per heavy atom. The summed E-state index contributed by atoms with van der Waals surface area (Å²) < 4.78 is 5.79. The van der Waals surface area contributed by atoms with E-state index in [1.54, 1.807) is 19.2 Å². The first-order valence-corrected chi connectivity index (χ1v) is 5.22. The van der Waals surface area contributed by atoms with Crippen molar-refractivity contribution in [2.24, 2.45) is 5.73 Å². The third kappa shape index (κ3) is 2.50. The van der Waals surface area contributed by atoms with Gasteiger partial charge in [0, 0.05) is 0 Å². The van der Waals surface area contributed by atoms with Gasteiger partial charge in [-0.2, -0.15) is 0 Å². The monoisotopic (exact) mass is 294 g/mol. The largest absolute Gasteiger partial charge is 0.495 e. The molecule has 0 aromatic heterocycles. The molecule has 0 amide bonds. The smallest absolute Gasteiger partial charge is 0.168 e. The number of nitrogens with two attached hydrogens (primary N) is 1. The lowest BCUT2D eigenvalue weighted by Crippen LogP contribution is -2.19. The molecule has 0 spiro atoms. The Balaban J connectivity index is 3.18. The van der Waals surface area contributed by atoms with Gasteiger partial charge in [-0.15, -0.1) is 0 Å². The first-order chi connectivity index (χ1) is 6.56. The highest BCUT2D eigenvalue weighted by Gasteiger charge is 2.10. The quantitative estimate of drug-likeness (QED) is 0.824. The van der Waals surface area contributed by atoms with Crippen molar-refractivity contribution in [1.29, 1.82) is 0 Å². The molecule has 0 heterocycles. The van der Waals surface area contributed by atoms with Crippen molar-refractivity contribution >= 4 is 50.5 Å². The van der Waals surface area contributed by atoms with Crippen LogP contribution in [0.1, 0.15) is 0 Å². The van der Waals surface area contributed by atoms with Crippen molar-refractivity contribution in [2.45, 2.75) is 0 Å². The van der Waals surface area contributed by atoms with Crippen LogP contribution >= 0.6 is 39.7 Å². The molecule has 0 radical (unpaired) electrons. The number of halogens is 2. The number of ether oxygens (including phenoxy) is 1. The summed E-state index contributed by atoms with van der Waals surface area (Å²) in [7, 11) is 1.57. The number of thiocarbonyl (C=S) groups is 1. The predicted octanol–water partition coefficient (Wildman–Crippen LogP) is 2.77. The average Bonchev–Trinajstić information content (AvgIpc) is 2.12. The van der Waals surface area contributed by atoms with Gasteiger partial charge < -0.3 is 15.8 Å². The van der Waals surface area contributed by atoms with Crippen molar-refractivity contribution in [3.63, 3.8) is 0 Å². The first kappa shape index (κ1) is 11.6. The molecule has 0 saturated heterocycles. The highest BCUT2D eigenvalue weighted by molar-refractivity contribution is 9.10. The second-order valence-electron chi connectivity index (χ2n) is 2.43. The predicted molar refractivity (Wildman–Crippen MR) is 66.1 cm³/mol. The van der Waals surface area contributed by atoms with E-state index in [-0.39, 0.29) is 5.11 Å². The van der Waals surface area contributed by atoms with E-state index in [1.807, 2.05) is 0 Å². The summed E-state index contributed by atoms with van der Waals surface area (Å²) in [6.07, 6.45) is 0. The van der Waals surface area contributed by atoms with Gasteiger partial charge in [0.25, 0.3) is 0 Å². The fourth-order valence-electron chi connectivity index (χ4n) is 0.929. The number of nitrogens with one attached hydrogen (secondary N) is 1. The maximum absolute atomic E-state index is 5.94. The fraction of sp³-hybridized carbons (Fsp3) is 0.125. The SMILES string of the molecule is COc1ccc(Cl)c(NC(N)=S)c1Br. The molecule has 3 N–H and O–H groups in total. The molecule has 1 aromatic rings. The molecule has 0 aliphatic rings. The molecule has 0 aliphatic heterocycles. The molecule has 0 bridgehead atoms. The van der Waals surface area contributed by atoms with Crippen LogP contribution in [-0.4, -0.2) is 12.2 Å². The van der Waals surface area contributed by atoms with Crippen molar-refractivity contribution in [1.82, 2.24) is 0 Å². The van der Waals surface area contributed by atoms with Crippen LogP contribution in [0.5, 0.6) is 5.75 Å². The van der Waals surface area contributed by atoms with E-state index in [9.17, 15) is 0 Å². The summed E-state index contributed by atoms with van der Waals surface area (Å²) in [6, 6.07) is 3.45. The number of anilines is 1. The van der Waals surface area contributed by atoms with E-state index in [1.165, 1.54) is 0 Å². The van der Waals surface area contributed by atoms with Crippen LogP contribution < -0.4 is 15.8 Å². The molecule has 3 nitrogen and oxygen atoms in total. The van der Waals surface area contributed by atoms with Gasteiger partial charge in [-0.1, -0.05) is 11.6 Å². The fourth-order valence-corrected chi connectivity index (χ4v) is 1.96. The number of rotatable bonds is 2. The lowest BCUT2D eigenvalue weighted by atomic mass is 10.3. The first-order valence-electron chi connectivity index (χ1n) is 3.64. The zero-order chi connectivity index (χ0) is 10.7. The van der Waals surface area contributed by atoms with Crippen molar-refractivity contribution in [3.05, 3.63) is 21.6 Å². The third-order valence-electron chi connectivity index (χ3n) is 1.52. The van der Waals surface area contributed by atoms with E-state index in [0.29, 0.717) is 20.9 Å². The molecule has 1 aromatic carbocycles. The molecule has 0 saturated carbocycles. The maximum Gasteiger partial charge on any atom is 0.168 e. The lowest BCUT2D eigenvalue weighted by Gasteiger charge is -2.11. The maximum atomic E-state index is 5.94. The molecule has 0 fully saturated rings. The Labute approximate surface area is 101 Å². The van der Waals surface area contributed by atoms with E-state index in [0.717, 1.165) is 0 Å². The van der Waals surface area contributed by atoms with E-state index in [2.05, 4.69) is 21.2 Å². The van der Waals surface area contributed by atoms with Crippen LogP contribution in [-0.2, 0) is 0 Å². The van der Waals surface area contributed by atoms with E-state index in [4.69, 9.17) is 34.3 Å². The molecule has 1 rings (SSSR count). The van der Waals surface area contributed by atoms with Crippen molar-refractivity contribution in [3.8, 4) is 5.75 Å². The Kier molecular flexibility index (Phi) is 3.97. The number of hydrogen-bond acceptors (Lipinski definition) is 2. The van der Waals surface area contributed by atoms with Crippen molar-refractivity contribution in [2.75, 3.05) is 12.4 Å². The molecule has 6 heteroatoms. The molecule has 0 atom stereocenters. The van der Waals surface area contributed by atoms with Gasteiger partial charge in [-0.05, 0) is 40.3 Å². The zero-order valence-corrected chi connectivity index (χ0v) is 10.5. The number of methoxy groups -OCH3 is 1. The Bertz CT molecular complexity index is 373. The highest BCUT2D eigenvalue weighted by Crippen LogP contribution is 2.37. The van der Waals surface area contributed by atoms with Gasteiger partial charge in [0.05, 0.1) is 22.3 Å². The van der Waals surface area contributed by atoms with Gasteiger partial charge >= 0.3 is 0 Å². The Hall–Kier alpha value is -0.520. The molecule has 14 heavy (non-hydrogen) atoms. The van der Waals surface area contributed by atoms with Crippen LogP contribution in [0.15, 0.2) is 16.6 Å². The minimum atomic E-state index is 0.154. The van der Waals surface area contributed by atoms with Crippen LogP contribution in [0.4, 0.5) is 5.69 Å². The molecule has 76 valence electrons.